The quantitative estimate of drug-likeness (QED) is 0.874. The van der Waals surface area contributed by atoms with Crippen LogP contribution in [0.1, 0.15) is 23.7 Å². The van der Waals surface area contributed by atoms with Crippen molar-refractivity contribution in [3.05, 3.63) is 59.3 Å². The number of pyridine rings is 1. The first kappa shape index (κ1) is 15.5. The zero-order chi connectivity index (χ0) is 16.2. The molecule has 118 valence electrons. The first-order valence-electron chi connectivity index (χ1n) is 8.08. The summed E-state index contributed by atoms with van der Waals surface area (Å²) in [6, 6.07) is 17.2. The molecule has 4 heteroatoms. The summed E-state index contributed by atoms with van der Waals surface area (Å²) in [5, 5.41) is 9.17. The van der Waals surface area contributed by atoms with Crippen LogP contribution in [0.4, 0.5) is 5.82 Å². The van der Waals surface area contributed by atoms with Gasteiger partial charge in [-0.25, -0.2) is 4.98 Å². The maximum absolute atomic E-state index is 9.17. The largest absolute Gasteiger partial charge is 0.351 e. The average Bonchev–Trinajstić information content (AvgIpc) is 2.57. The van der Waals surface area contributed by atoms with Crippen molar-refractivity contribution in [1.29, 1.82) is 5.26 Å². The third-order valence-corrected chi connectivity index (χ3v) is 4.44. The zero-order valence-electron chi connectivity index (χ0n) is 13.7. The smallest absolute Gasteiger partial charge is 0.145 e. The molecule has 0 unspecified atom stereocenters. The Morgan fingerprint density at radius 2 is 1.96 bits per heavy atom. The monoisotopic (exact) mass is 306 g/mol. The highest BCUT2D eigenvalue weighted by atomic mass is 15.3. The Bertz CT molecular complexity index is 705. The van der Waals surface area contributed by atoms with E-state index in [0.717, 1.165) is 37.6 Å². The average molecular weight is 306 g/mol. The van der Waals surface area contributed by atoms with Crippen LogP contribution in [0.25, 0.3) is 0 Å². The van der Waals surface area contributed by atoms with E-state index in [1.54, 1.807) is 0 Å². The van der Waals surface area contributed by atoms with Crippen LogP contribution in [0.3, 0.4) is 0 Å². The molecule has 1 saturated heterocycles. The molecular weight excluding hydrogens is 284 g/mol. The standard InChI is InChI=1S/C19H22N4/c1-15-8-9-19(21-18(15)12-20)23-11-10-22(13-16(23)2)14-17-6-4-3-5-7-17/h3-9,16H,10-11,13-14H2,1-2H3/t16-/m1/s1. The number of nitriles is 1. The number of piperazine rings is 1. The molecule has 1 aliphatic rings. The third kappa shape index (κ3) is 3.52. The molecule has 0 bridgehead atoms. The van der Waals surface area contributed by atoms with Crippen molar-refractivity contribution >= 4 is 5.82 Å². The van der Waals surface area contributed by atoms with Crippen molar-refractivity contribution in [3.8, 4) is 6.07 Å². The second-order valence-electron chi connectivity index (χ2n) is 6.21. The van der Waals surface area contributed by atoms with Crippen LogP contribution in [0.15, 0.2) is 42.5 Å². The number of aryl methyl sites for hydroxylation is 1. The van der Waals surface area contributed by atoms with Crippen LogP contribution in [0.5, 0.6) is 0 Å². The first-order valence-corrected chi connectivity index (χ1v) is 8.08. The van der Waals surface area contributed by atoms with E-state index in [9.17, 15) is 5.26 Å². The fourth-order valence-electron chi connectivity index (χ4n) is 3.15. The molecule has 1 aromatic carbocycles. The maximum atomic E-state index is 9.17. The summed E-state index contributed by atoms with van der Waals surface area (Å²) in [6.07, 6.45) is 0. The van der Waals surface area contributed by atoms with Gasteiger partial charge < -0.3 is 4.90 Å². The number of hydrogen-bond acceptors (Lipinski definition) is 4. The molecule has 0 aliphatic carbocycles. The van der Waals surface area contributed by atoms with Crippen molar-refractivity contribution in [2.75, 3.05) is 24.5 Å². The normalized spacial score (nSPS) is 18.7. The van der Waals surface area contributed by atoms with Crippen molar-refractivity contribution in [2.24, 2.45) is 0 Å². The lowest BCUT2D eigenvalue weighted by molar-refractivity contribution is 0.220. The Hall–Kier alpha value is -2.38. The van der Waals surface area contributed by atoms with Crippen molar-refractivity contribution in [3.63, 3.8) is 0 Å². The summed E-state index contributed by atoms with van der Waals surface area (Å²) in [4.78, 5) is 9.31. The fourth-order valence-corrected chi connectivity index (χ4v) is 3.15. The topological polar surface area (TPSA) is 43.2 Å². The second-order valence-corrected chi connectivity index (χ2v) is 6.21. The van der Waals surface area contributed by atoms with Crippen LogP contribution in [0, 0.1) is 18.3 Å². The predicted molar refractivity (Wildman–Crippen MR) is 92.2 cm³/mol. The van der Waals surface area contributed by atoms with E-state index < -0.39 is 0 Å². The van der Waals surface area contributed by atoms with Gasteiger partial charge in [0.25, 0.3) is 0 Å². The van der Waals surface area contributed by atoms with Crippen molar-refractivity contribution in [2.45, 2.75) is 26.4 Å². The molecule has 3 rings (SSSR count). The number of benzene rings is 1. The molecule has 0 saturated carbocycles. The second kappa shape index (κ2) is 6.80. The molecule has 0 amide bonds. The highest BCUT2D eigenvalue weighted by Crippen LogP contribution is 2.21. The van der Waals surface area contributed by atoms with Gasteiger partial charge in [-0.3, -0.25) is 4.90 Å². The Labute approximate surface area is 138 Å². The number of anilines is 1. The SMILES string of the molecule is Cc1ccc(N2CCN(Cc3ccccc3)C[C@H]2C)nc1C#N. The molecule has 2 aromatic rings. The van der Waals surface area contributed by atoms with Gasteiger partial charge in [0, 0.05) is 32.2 Å². The lowest BCUT2D eigenvalue weighted by Gasteiger charge is -2.40. The van der Waals surface area contributed by atoms with Gasteiger partial charge in [-0.05, 0) is 31.0 Å². The van der Waals surface area contributed by atoms with Gasteiger partial charge in [0.2, 0.25) is 0 Å². The minimum Gasteiger partial charge on any atom is -0.351 e. The van der Waals surface area contributed by atoms with E-state index >= 15 is 0 Å². The van der Waals surface area contributed by atoms with Gasteiger partial charge in [0.1, 0.15) is 17.6 Å². The van der Waals surface area contributed by atoms with Crippen LogP contribution >= 0.6 is 0 Å². The van der Waals surface area contributed by atoms with Crippen molar-refractivity contribution in [1.82, 2.24) is 9.88 Å². The third-order valence-electron chi connectivity index (χ3n) is 4.44. The van der Waals surface area contributed by atoms with Gasteiger partial charge in [-0.15, -0.1) is 0 Å². The molecular formula is C19H22N4. The van der Waals surface area contributed by atoms with Crippen LogP contribution in [-0.2, 0) is 6.54 Å². The molecule has 1 aromatic heterocycles. The summed E-state index contributed by atoms with van der Waals surface area (Å²) < 4.78 is 0. The molecule has 0 N–H and O–H groups in total. The van der Waals surface area contributed by atoms with E-state index in [4.69, 9.17) is 0 Å². The number of nitrogens with zero attached hydrogens (tertiary/aromatic N) is 4. The van der Waals surface area contributed by atoms with Crippen LogP contribution in [0.2, 0.25) is 0 Å². The highest BCUT2D eigenvalue weighted by Gasteiger charge is 2.25. The molecule has 2 heterocycles. The zero-order valence-corrected chi connectivity index (χ0v) is 13.7. The molecule has 4 nitrogen and oxygen atoms in total. The predicted octanol–water partition coefficient (Wildman–Crippen LogP) is 2.97. The summed E-state index contributed by atoms with van der Waals surface area (Å²) >= 11 is 0. The summed E-state index contributed by atoms with van der Waals surface area (Å²) in [7, 11) is 0. The Balaban J connectivity index is 1.68. The van der Waals surface area contributed by atoms with Gasteiger partial charge in [-0.1, -0.05) is 36.4 Å². The van der Waals surface area contributed by atoms with Crippen molar-refractivity contribution < 1.29 is 0 Å². The Morgan fingerprint density at radius 1 is 1.17 bits per heavy atom. The molecule has 0 radical (unpaired) electrons. The molecule has 23 heavy (non-hydrogen) atoms. The summed E-state index contributed by atoms with van der Waals surface area (Å²) in [5.74, 6) is 0.916. The Morgan fingerprint density at radius 3 is 2.65 bits per heavy atom. The summed E-state index contributed by atoms with van der Waals surface area (Å²) in [5.41, 5.74) is 2.82. The number of aromatic nitrogens is 1. The van der Waals surface area contributed by atoms with E-state index in [-0.39, 0.29) is 0 Å². The minimum atomic E-state index is 0.384. The number of hydrogen-bond donors (Lipinski definition) is 0. The van der Waals surface area contributed by atoms with Crippen LogP contribution < -0.4 is 4.90 Å². The first-order chi connectivity index (χ1) is 11.2. The molecule has 1 aliphatic heterocycles. The summed E-state index contributed by atoms with van der Waals surface area (Å²) in [6.45, 7) is 8.10. The lowest BCUT2D eigenvalue weighted by Crippen LogP contribution is -2.51. The fraction of sp³-hybridized carbons (Fsp3) is 0.368. The van der Waals surface area contributed by atoms with E-state index in [1.807, 2.05) is 19.1 Å². The lowest BCUT2D eigenvalue weighted by atomic mass is 10.1. The van der Waals surface area contributed by atoms with Gasteiger partial charge in [-0.2, -0.15) is 5.26 Å². The van der Waals surface area contributed by atoms with E-state index in [1.165, 1.54) is 5.56 Å². The minimum absolute atomic E-state index is 0.384. The Kier molecular flexibility index (Phi) is 4.59. The van der Waals surface area contributed by atoms with Crippen LogP contribution in [-0.4, -0.2) is 35.6 Å². The number of rotatable bonds is 3. The van der Waals surface area contributed by atoms with Gasteiger partial charge >= 0.3 is 0 Å². The van der Waals surface area contributed by atoms with E-state index in [0.29, 0.717) is 11.7 Å². The van der Waals surface area contributed by atoms with Gasteiger partial charge in [0.05, 0.1) is 0 Å². The maximum Gasteiger partial charge on any atom is 0.145 e. The molecule has 1 fully saturated rings. The molecule has 1 atom stereocenters. The molecule has 0 spiro atoms. The van der Waals surface area contributed by atoms with E-state index in [2.05, 4.69) is 58.1 Å². The highest BCUT2D eigenvalue weighted by molar-refractivity contribution is 5.46. The van der Waals surface area contributed by atoms with Gasteiger partial charge in [0.15, 0.2) is 0 Å².